The van der Waals surface area contributed by atoms with Crippen molar-refractivity contribution in [3.8, 4) is 0 Å². The number of hydrogen-bond acceptors (Lipinski definition) is 3. The van der Waals surface area contributed by atoms with Gasteiger partial charge in [-0.1, -0.05) is 13.3 Å². The highest BCUT2D eigenvalue weighted by atomic mass is 16.2. The monoisotopic (exact) mass is 222 g/mol. The Labute approximate surface area is 95.0 Å². The summed E-state index contributed by atoms with van der Waals surface area (Å²) in [5.74, 6) is 0.711. The lowest BCUT2D eigenvalue weighted by molar-refractivity contribution is -0.122. The van der Waals surface area contributed by atoms with Gasteiger partial charge in [0.1, 0.15) is 6.54 Å². The molecular formula is C11H18N4O. The highest BCUT2D eigenvalue weighted by Gasteiger charge is 2.36. The van der Waals surface area contributed by atoms with Crippen LogP contribution in [0.3, 0.4) is 0 Å². The maximum Gasteiger partial charge on any atom is 0.241 e. The van der Waals surface area contributed by atoms with Crippen LogP contribution in [0.5, 0.6) is 0 Å². The van der Waals surface area contributed by atoms with Crippen LogP contribution in [-0.2, 0) is 11.3 Å². The third-order valence-electron chi connectivity index (χ3n) is 2.89. The Morgan fingerprint density at radius 3 is 3.19 bits per heavy atom. The minimum Gasteiger partial charge on any atom is -0.396 e. The Morgan fingerprint density at radius 2 is 2.56 bits per heavy atom. The fourth-order valence-electron chi connectivity index (χ4n) is 1.98. The predicted molar refractivity (Wildman–Crippen MR) is 61.6 cm³/mol. The van der Waals surface area contributed by atoms with E-state index in [1.807, 2.05) is 0 Å². The Kier molecular flexibility index (Phi) is 3.12. The van der Waals surface area contributed by atoms with E-state index in [1.165, 1.54) is 12.8 Å². The molecule has 3 N–H and O–H groups in total. The van der Waals surface area contributed by atoms with E-state index in [0.717, 1.165) is 6.42 Å². The molecule has 1 saturated carbocycles. The molecule has 0 saturated heterocycles. The van der Waals surface area contributed by atoms with E-state index in [2.05, 4.69) is 17.3 Å². The molecule has 1 amide bonds. The first kappa shape index (κ1) is 11.0. The molecule has 1 aliphatic rings. The van der Waals surface area contributed by atoms with Crippen molar-refractivity contribution in [2.24, 2.45) is 5.92 Å². The Morgan fingerprint density at radius 1 is 1.75 bits per heavy atom. The number of anilines is 1. The van der Waals surface area contributed by atoms with Gasteiger partial charge in [0, 0.05) is 12.2 Å². The van der Waals surface area contributed by atoms with Crippen LogP contribution in [-0.4, -0.2) is 21.7 Å². The van der Waals surface area contributed by atoms with Crippen LogP contribution < -0.4 is 11.1 Å². The first-order valence-electron chi connectivity index (χ1n) is 5.76. The molecule has 1 aromatic rings. The van der Waals surface area contributed by atoms with Crippen LogP contribution in [0.25, 0.3) is 0 Å². The number of nitrogens with one attached hydrogen (secondary N) is 1. The highest BCUT2D eigenvalue weighted by molar-refractivity contribution is 5.76. The van der Waals surface area contributed by atoms with Crippen LogP contribution in [0.4, 0.5) is 5.69 Å². The van der Waals surface area contributed by atoms with Crippen molar-refractivity contribution in [1.82, 2.24) is 15.1 Å². The zero-order valence-corrected chi connectivity index (χ0v) is 9.52. The van der Waals surface area contributed by atoms with Crippen molar-refractivity contribution >= 4 is 11.6 Å². The topological polar surface area (TPSA) is 72.9 Å². The summed E-state index contributed by atoms with van der Waals surface area (Å²) in [4.78, 5) is 11.6. The molecule has 0 radical (unpaired) electrons. The van der Waals surface area contributed by atoms with Crippen LogP contribution in [0, 0.1) is 5.92 Å². The summed E-state index contributed by atoms with van der Waals surface area (Å²) in [7, 11) is 0. The zero-order chi connectivity index (χ0) is 11.5. The normalized spacial score (nSPS) is 23.1. The Balaban J connectivity index is 1.73. The highest BCUT2D eigenvalue weighted by Crippen LogP contribution is 2.34. The van der Waals surface area contributed by atoms with Gasteiger partial charge in [0.15, 0.2) is 0 Å². The van der Waals surface area contributed by atoms with Gasteiger partial charge in [-0.05, 0) is 18.8 Å². The van der Waals surface area contributed by atoms with Crippen molar-refractivity contribution < 1.29 is 4.79 Å². The van der Waals surface area contributed by atoms with Crippen molar-refractivity contribution in [3.63, 3.8) is 0 Å². The summed E-state index contributed by atoms with van der Waals surface area (Å²) >= 11 is 0. The van der Waals surface area contributed by atoms with Crippen molar-refractivity contribution in [2.45, 2.75) is 38.8 Å². The van der Waals surface area contributed by atoms with Gasteiger partial charge in [-0.25, -0.2) is 0 Å². The Bertz CT molecular complexity index is 374. The third-order valence-corrected chi connectivity index (χ3v) is 2.89. The van der Waals surface area contributed by atoms with Crippen LogP contribution >= 0.6 is 0 Å². The molecule has 16 heavy (non-hydrogen) atoms. The molecule has 2 rings (SSSR count). The Hall–Kier alpha value is -1.52. The van der Waals surface area contributed by atoms with Gasteiger partial charge in [-0.2, -0.15) is 5.10 Å². The molecule has 1 aromatic heterocycles. The van der Waals surface area contributed by atoms with E-state index in [9.17, 15) is 4.79 Å². The van der Waals surface area contributed by atoms with E-state index in [4.69, 9.17) is 5.73 Å². The minimum absolute atomic E-state index is 0.0201. The predicted octanol–water partition coefficient (Wildman–Crippen LogP) is 0.770. The summed E-state index contributed by atoms with van der Waals surface area (Å²) in [6, 6.07) is 0.389. The van der Waals surface area contributed by atoms with Crippen molar-refractivity contribution in [3.05, 3.63) is 12.4 Å². The lowest BCUT2D eigenvalue weighted by Gasteiger charge is -2.04. The number of carbonyl (C=O) groups excluding carboxylic acids is 1. The average molecular weight is 222 g/mol. The number of nitrogens with zero attached hydrogens (tertiary/aromatic N) is 2. The summed E-state index contributed by atoms with van der Waals surface area (Å²) in [5, 5.41) is 6.98. The molecule has 5 nitrogen and oxygen atoms in total. The fraction of sp³-hybridized carbons (Fsp3) is 0.636. The van der Waals surface area contributed by atoms with Crippen LogP contribution in [0.2, 0.25) is 0 Å². The van der Waals surface area contributed by atoms with Crippen LogP contribution in [0.15, 0.2) is 12.4 Å². The number of amides is 1. The molecule has 1 fully saturated rings. The lowest BCUT2D eigenvalue weighted by Crippen LogP contribution is -2.30. The number of nitrogen functional groups attached to an aromatic ring is 1. The van der Waals surface area contributed by atoms with Crippen LogP contribution in [0.1, 0.15) is 26.2 Å². The number of aromatic nitrogens is 2. The van der Waals surface area contributed by atoms with Gasteiger partial charge in [-0.3, -0.25) is 9.48 Å². The average Bonchev–Trinajstić information content (AvgIpc) is 2.79. The summed E-state index contributed by atoms with van der Waals surface area (Å²) < 4.78 is 1.56. The molecule has 88 valence electrons. The van der Waals surface area contributed by atoms with Crippen molar-refractivity contribution in [1.29, 1.82) is 0 Å². The molecule has 2 atom stereocenters. The maximum atomic E-state index is 11.6. The maximum absolute atomic E-state index is 11.6. The number of hydrogen-bond donors (Lipinski definition) is 2. The minimum atomic E-state index is 0.0201. The van der Waals surface area contributed by atoms with Crippen molar-refractivity contribution in [2.75, 3.05) is 5.73 Å². The number of nitrogens with two attached hydrogens (primary N) is 1. The van der Waals surface area contributed by atoms with E-state index in [-0.39, 0.29) is 12.5 Å². The second-order valence-electron chi connectivity index (χ2n) is 4.43. The molecule has 0 spiro atoms. The SMILES string of the molecule is CCCC1CC1NC(=O)Cn1cc(N)cn1. The fourth-order valence-corrected chi connectivity index (χ4v) is 1.98. The third kappa shape index (κ3) is 2.74. The molecule has 5 heteroatoms. The molecule has 1 heterocycles. The standard InChI is InChI=1S/C11H18N4O/c1-2-3-8-4-10(8)14-11(16)7-15-6-9(12)5-13-15/h5-6,8,10H,2-4,7,12H2,1H3,(H,14,16). The summed E-state index contributed by atoms with van der Waals surface area (Å²) in [6.07, 6.45) is 6.73. The second-order valence-corrected chi connectivity index (χ2v) is 4.43. The smallest absolute Gasteiger partial charge is 0.241 e. The van der Waals surface area contributed by atoms with Gasteiger partial charge in [0.2, 0.25) is 5.91 Å². The van der Waals surface area contributed by atoms with E-state index in [0.29, 0.717) is 17.6 Å². The second kappa shape index (κ2) is 4.55. The first-order valence-corrected chi connectivity index (χ1v) is 5.76. The molecule has 0 bridgehead atoms. The molecule has 0 aliphatic heterocycles. The first-order chi connectivity index (χ1) is 7.69. The zero-order valence-electron chi connectivity index (χ0n) is 9.52. The van der Waals surface area contributed by atoms with Gasteiger partial charge in [-0.15, -0.1) is 0 Å². The molecule has 1 aliphatic carbocycles. The van der Waals surface area contributed by atoms with E-state index < -0.39 is 0 Å². The number of carbonyl (C=O) groups is 1. The van der Waals surface area contributed by atoms with Gasteiger partial charge >= 0.3 is 0 Å². The molecule has 0 aromatic carbocycles. The van der Waals surface area contributed by atoms with E-state index in [1.54, 1.807) is 17.1 Å². The van der Waals surface area contributed by atoms with E-state index >= 15 is 0 Å². The summed E-state index contributed by atoms with van der Waals surface area (Å²) in [5.41, 5.74) is 6.10. The van der Waals surface area contributed by atoms with Gasteiger partial charge in [0.05, 0.1) is 11.9 Å². The molecule has 2 unspecified atom stereocenters. The number of rotatable bonds is 5. The van der Waals surface area contributed by atoms with Gasteiger partial charge < -0.3 is 11.1 Å². The summed E-state index contributed by atoms with van der Waals surface area (Å²) in [6.45, 7) is 2.43. The largest absolute Gasteiger partial charge is 0.396 e. The molecular weight excluding hydrogens is 204 g/mol. The quantitative estimate of drug-likeness (QED) is 0.773. The van der Waals surface area contributed by atoms with Gasteiger partial charge in [0.25, 0.3) is 0 Å². The lowest BCUT2D eigenvalue weighted by atomic mass is 10.2.